The highest BCUT2D eigenvalue weighted by Crippen LogP contribution is 2.75. The normalized spacial score (nSPS) is 51.9. The second-order valence-electron chi connectivity index (χ2n) is 7.21. The van der Waals surface area contributed by atoms with Crippen LogP contribution in [0.1, 0.15) is 33.1 Å². The van der Waals surface area contributed by atoms with Crippen LogP contribution < -0.4 is 0 Å². The van der Waals surface area contributed by atoms with E-state index >= 15 is 0 Å². The molecule has 4 fully saturated rings. The van der Waals surface area contributed by atoms with E-state index in [4.69, 9.17) is 9.47 Å². The van der Waals surface area contributed by atoms with Gasteiger partial charge in [-0.15, -0.1) is 0 Å². The molecule has 0 aromatic heterocycles. The van der Waals surface area contributed by atoms with Crippen LogP contribution in [-0.4, -0.2) is 49.3 Å². The summed E-state index contributed by atoms with van der Waals surface area (Å²) in [6.07, 6.45) is 3.36. The Morgan fingerprint density at radius 3 is 2.63 bits per heavy atom. The fourth-order valence-corrected chi connectivity index (χ4v) is 5.26. The molecule has 2 heterocycles. The number of nitrogens with zero attached hydrogens (tertiary/aromatic N) is 1. The van der Waals surface area contributed by atoms with Crippen LogP contribution in [0.25, 0.3) is 0 Å². The highest BCUT2D eigenvalue weighted by atomic mass is 16.5. The lowest BCUT2D eigenvalue weighted by molar-refractivity contribution is -0.170. The molecule has 19 heavy (non-hydrogen) atoms. The number of hydrogen-bond donors (Lipinski definition) is 0. The predicted octanol–water partition coefficient (Wildman–Crippen LogP) is 1.44. The highest BCUT2D eigenvalue weighted by Gasteiger charge is 2.78. The molecule has 2 aliphatic carbocycles. The zero-order valence-electron chi connectivity index (χ0n) is 11.9. The molecule has 4 heteroatoms. The van der Waals surface area contributed by atoms with Crippen molar-refractivity contribution in [1.29, 1.82) is 0 Å². The Hall–Kier alpha value is -0.610. The van der Waals surface area contributed by atoms with E-state index in [2.05, 4.69) is 13.8 Å². The van der Waals surface area contributed by atoms with Gasteiger partial charge >= 0.3 is 0 Å². The van der Waals surface area contributed by atoms with Crippen LogP contribution in [0.5, 0.6) is 0 Å². The van der Waals surface area contributed by atoms with Gasteiger partial charge in [-0.05, 0) is 25.2 Å². The Morgan fingerprint density at radius 1 is 1.26 bits per heavy atom. The first-order valence-corrected chi connectivity index (χ1v) is 7.55. The lowest BCUT2D eigenvalue weighted by Crippen LogP contribution is -2.58. The number of carbonyl (C=O) groups is 1. The topological polar surface area (TPSA) is 38.8 Å². The third-order valence-corrected chi connectivity index (χ3v) is 6.84. The lowest BCUT2D eigenvalue weighted by Gasteiger charge is -2.43. The summed E-state index contributed by atoms with van der Waals surface area (Å²) in [4.78, 5) is 15.0. The predicted molar refractivity (Wildman–Crippen MR) is 69.6 cm³/mol. The fourth-order valence-electron chi connectivity index (χ4n) is 5.26. The van der Waals surface area contributed by atoms with Crippen molar-refractivity contribution in [2.45, 2.75) is 38.7 Å². The van der Waals surface area contributed by atoms with E-state index in [0.29, 0.717) is 19.1 Å². The monoisotopic (exact) mass is 265 g/mol. The standard InChI is InChI=1S/C15H23NO3/c1-13-10-19-15(9-11(13)3-4-14(13,15)2)12(17)16-5-7-18-8-6-16/h11H,3-10H2,1-2H3/t11-,13-,14+,15-/m0/s1. The van der Waals surface area contributed by atoms with Gasteiger partial charge in [0, 0.05) is 23.9 Å². The van der Waals surface area contributed by atoms with Gasteiger partial charge in [-0.1, -0.05) is 13.8 Å². The number of ether oxygens (including phenoxy) is 2. The first-order chi connectivity index (χ1) is 9.04. The first kappa shape index (κ1) is 12.2. The average Bonchev–Trinajstić information content (AvgIpc) is 2.91. The summed E-state index contributed by atoms with van der Waals surface area (Å²) in [5.41, 5.74) is -0.267. The molecule has 2 aliphatic heterocycles. The lowest BCUT2D eigenvalue weighted by atomic mass is 9.66. The smallest absolute Gasteiger partial charge is 0.255 e. The minimum Gasteiger partial charge on any atom is -0.378 e. The molecule has 106 valence electrons. The molecule has 4 nitrogen and oxygen atoms in total. The third-order valence-electron chi connectivity index (χ3n) is 6.84. The van der Waals surface area contributed by atoms with Crippen molar-refractivity contribution < 1.29 is 14.3 Å². The van der Waals surface area contributed by atoms with Gasteiger partial charge in [0.1, 0.15) is 0 Å². The van der Waals surface area contributed by atoms with Crippen molar-refractivity contribution in [3.05, 3.63) is 0 Å². The molecule has 4 bridgehead atoms. The summed E-state index contributed by atoms with van der Waals surface area (Å²) >= 11 is 0. The molecule has 2 saturated heterocycles. The molecule has 0 aromatic carbocycles. The molecule has 0 unspecified atom stereocenters. The minimum absolute atomic E-state index is 0.0417. The summed E-state index contributed by atoms with van der Waals surface area (Å²) in [5.74, 6) is 0.917. The Labute approximate surface area is 114 Å². The van der Waals surface area contributed by atoms with Gasteiger partial charge in [-0.2, -0.15) is 0 Å². The molecule has 4 rings (SSSR count). The van der Waals surface area contributed by atoms with E-state index in [0.717, 1.165) is 32.5 Å². The molecule has 0 N–H and O–H groups in total. The zero-order chi connectivity index (χ0) is 13.3. The second-order valence-corrected chi connectivity index (χ2v) is 7.21. The second kappa shape index (κ2) is 3.53. The number of carbonyl (C=O) groups excluding carboxylic acids is 1. The molecule has 0 spiro atoms. The molecule has 4 atom stereocenters. The van der Waals surface area contributed by atoms with E-state index in [1.807, 2.05) is 4.90 Å². The average molecular weight is 265 g/mol. The number of amides is 1. The van der Waals surface area contributed by atoms with Crippen molar-refractivity contribution in [1.82, 2.24) is 4.90 Å². The van der Waals surface area contributed by atoms with Crippen LogP contribution in [-0.2, 0) is 14.3 Å². The zero-order valence-corrected chi connectivity index (χ0v) is 11.9. The molecule has 2 saturated carbocycles. The summed E-state index contributed by atoms with van der Waals surface area (Å²) in [5, 5.41) is 0. The first-order valence-electron chi connectivity index (χ1n) is 7.55. The molecule has 1 amide bonds. The van der Waals surface area contributed by atoms with Gasteiger partial charge in [0.05, 0.1) is 19.8 Å². The van der Waals surface area contributed by atoms with Crippen molar-refractivity contribution in [2.24, 2.45) is 16.7 Å². The quantitative estimate of drug-likeness (QED) is 0.720. The highest BCUT2D eigenvalue weighted by molar-refractivity contribution is 5.88. The summed E-state index contributed by atoms with van der Waals surface area (Å²) < 4.78 is 11.5. The van der Waals surface area contributed by atoms with Gasteiger partial charge in [0.25, 0.3) is 5.91 Å². The van der Waals surface area contributed by atoms with Gasteiger partial charge in [0.15, 0.2) is 5.60 Å². The van der Waals surface area contributed by atoms with Crippen LogP contribution >= 0.6 is 0 Å². The van der Waals surface area contributed by atoms with Crippen molar-refractivity contribution in [2.75, 3.05) is 32.9 Å². The third kappa shape index (κ3) is 1.17. The van der Waals surface area contributed by atoms with Crippen LogP contribution in [0.2, 0.25) is 0 Å². The molecular weight excluding hydrogens is 242 g/mol. The molecule has 0 radical (unpaired) electrons. The molecule has 4 aliphatic rings. The van der Waals surface area contributed by atoms with Gasteiger partial charge < -0.3 is 14.4 Å². The SMILES string of the molecule is C[C@]12CC[C@H]3C[C@@]1(C(=O)N1CCOCC1)OC[C@@]32C. The largest absolute Gasteiger partial charge is 0.378 e. The number of hydrogen-bond acceptors (Lipinski definition) is 3. The van der Waals surface area contributed by atoms with Gasteiger partial charge in [0.2, 0.25) is 0 Å². The molecule has 0 aromatic rings. The Bertz CT molecular complexity index is 433. The Balaban J connectivity index is 1.69. The summed E-state index contributed by atoms with van der Waals surface area (Å²) in [7, 11) is 0. The minimum atomic E-state index is -0.526. The van der Waals surface area contributed by atoms with Crippen LogP contribution in [0.4, 0.5) is 0 Å². The van der Waals surface area contributed by atoms with E-state index in [-0.39, 0.29) is 16.7 Å². The number of rotatable bonds is 1. The van der Waals surface area contributed by atoms with Crippen molar-refractivity contribution in [3.8, 4) is 0 Å². The Morgan fingerprint density at radius 2 is 2.00 bits per heavy atom. The van der Waals surface area contributed by atoms with E-state index in [1.165, 1.54) is 6.42 Å². The van der Waals surface area contributed by atoms with Gasteiger partial charge in [-0.3, -0.25) is 4.79 Å². The number of morpholine rings is 1. The maximum Gasteiger partial charge on any atom is 0.255 e. The van der Waals surface area contributed by atoms with Crippen LogP contribution in [0.15, 0.2) is 0 Å². The summed E-state index contributed by atoms with van der Waals surface area (Å²) in [6.45, 7) is 8.18. The maximum absolute atomic E-state index is 13.1. The van der Waals surface area contributed by atoms with Crippen molar-refractivity contribution >= 4 is 5.91 Å². The van der Waals surface area contributed by atoms with E-state index in [9.17, 15) is 4.79 Å². The summed E-state index contributed by atoms with van der Waals surface area (Å²) in [6, 6.07) is 0. The Kier molecular flexibility index (Phi) is 2.26. The van der Waals surface area contributed by atoms with E-state index in [1.54, 1.807) is 0 Å². The maximum atomic E-state index is 13.1. The van der Waals surface area contributed by atoms with Crippen LogP contribution in [0, 0.1) is 16.7 Å². The van der Waals surface area contributed by atoms with E-state index < -0.39 is 5.60 Å². The van der Waals surface area contributed by atoms with Gasteiger partial charge in [-0.25, -0.2) is 0 Å². The van der Waals surface area contributed by atoms with Crippen LogP contribution in [0.3, 0.4) is 0 Å². The van der Waals surface area contributed by atoms with Crippen molar-refractivity contribution in [3.63, 3.8) is 0 Å². The molecular formula is C15H23NO3. The fraction of sp³-hybridized carbons (Fsp3) is 0.933.